The summed E-state index contributed by atoms with van der Waals surface area (Å²) in [7, 11) is 0. The average Bonchev–Trinajstić information content (AvgIpc) is 2.93. The molecule has 3 rings (SSSR count). The van der Waals surface area contributed by atoms with E-state index in [1.165, 1.54) is 12.1 Å². The van der Waals surface area contributed by atoms with Crippen LogP contribution in [0.4, 0.5) is 10.1 Å². The molecular formula is C18H19FN2O2. The van der Waals surface area contributed by atoms with Crippen molar-refractivity contribution in [2.45, 2.75) is 25.5 Å². The number of carbonyl (C=O) groups is 1. The van der Waals surface area contributed by atoms with Gasteiger partial charge in [-0.2, -0.15) is 0 Å². The van der Waals surface area contributed by atoms with E-state index in [4.69, 9.17) is 0 Å². The molecular weight excluding hydrogens is 295 g/mol. The Morgan fingerprint density at radius 3 is 2.74 bits per heavy atom. The van der Waals surface area contributed by atoms with Crippen LogP contribution < -0.4 is 10.6 Å². The van der Waals surface area contributed by atoms with Gasteiger partial charge in [0, 0.05) is 18.7 Å². The van der Waals surface area contributed by atoms with E-state index in [0.717, 1.165) is 22.4 Å². The molecule has 1 aliphatic carbocycles. The van der Waals surface area contributed by atoms with Gasteiger partial charge in [-0.25, -0.2) is 4.39 Å². The second kappa shape index (κ2) is 6.79. The maximum absolute atomic E-state index is 12.8. The summed E-state index contributed by atoms with van der Waals surface area (Å²) in [4.78, 5) is 11.9. The van der Waals surface area contributed by atoms with Crippen molar-refractivity contribution in [2.75, 3.05) is 11.9 Å². The number of aliphatic hydroxyl groups is 1. The van der Waals surface area contributed by atoms with Crippen molar-refractivity contribution in [1.82, 2.24) is 5.32 Å². The summed E-state index contributed by atoms with van der Waals surface area (Å²) in [5.74, 6) is -0.424. The third-order valence-corrected chi connectivity index (χ3v) is 4.01. The summed E-state index contributed by atoms with van der Waals surface area (Å²) in [5, 5.41) is 15.7. The van der Waals surface area contributed by atoms with Gasteiger partial charge in [-0.15, -0.1) is 0 Å². The van der Waals surface area contributed by atoms with Crippen LogP contribution in [-0.2, 0) is 24.2 Å². The molecule has 0 saturated heterocycles. The van der Waals surface area contributed by atoms with Crippen molar-refractivity contribution in [2.24, 2.45) is 0 Å². The summed E-state index contributed by atoms with van der Waals surface area (Å²) in [5.41, 5.74) is 3.97. The monoisotopic (exact) mass is 314 g/mol. The molecule has 0 spiro atoms. The Labute approximate surface area is 134 Å². The van der Waals surface area contributed by atoms with E-state index >= 15 is 0 Å². The van der Waals surface area contributed by atoms with Crippen LogP contribution in [0.3, 0.4) is 0 Å². The van der Waals surface area contributed by atoms with Crippen LogP contribution in [0.15, 0.2) is 42.5 Å². The van der Waals surface area contributed by atoms with E-state index in [-0.39, 0.29) is 24.4 Å². The number of amides is 1. The lowest BCUT2D eigenvalue weighted by Gasteiger charge is -2.11. The van der Waals surface area contributed by atoms with E-state index in [2.05, 4.69) is 10.6 Å². The topological polar surface area (TPSA) is 61.4 Å². The first-order chi connectivity index (χ1) is 11.1. The first-order valence-corrected chi connectivity index (χ1v) is 7.65. The molecule has 0 aliphatic heterocycles. The number of carbonyl (C=O) groups excluding carboxylic acids is 1. The van der Waals surface area contributed by atoms with Crippen LogP contribution in [0, 0.1) is 5.82 Å². The fraction of sp³-hybridized carbons (Fsp3) is 0.278. The molecule has 0 aromatic heterocycles. The molecule has 0 bridgehead atoms. The van der Waals surface area contributed by atoms with Crippen molar-refractivity contribution in [3.05, 3.63) is 65.0 Å². The van der Waals surface area contributed by atoms with Crippen molar-refractivity contribution < 1.29 is 14.3 Å². The van der Waals surface area contributed by atoms with Gasteiger partial charge in [0.25, 0.3) is 0 Å². The van der Waals surface area contributed by atoms with Gasteiger partial charge in [0.15, 0.2) is 0 Å². The van der Waals surface area contributed by atoms with Gasteiger partial charge in [0.1, 0.15) is 5.82 Å². The number of hydrogen-bond acceptors (Lipinski definition) is 3. The van der Waals surface area contributed by atoms with Gasteiger partial charge in [0.05, 0.1) is 12.6 Å². The Hall–Kier alpha value is -2.40. The Bertz CT molecular complexity index is 701. The zero-order valence-corrected chi connectivity index (χ0v) is 12.7. The van der Waals surface area contributed by atoms with Crippen LogP contribution in [0.5, 0.6) is 0 Å². The fourth-order valence-corrected chi connectivity index (χ4v) is 2.84. The summed E-state index contributed by atoms with van der Waals surface area (Å²) in [6.45, 7) is 0.528. The van der Waals surface area contributed by atoms with E-state index in [1.54, 1.807) is 12.1 Å². The Morgan fingerprint density at radius 2 is 1.96 bits per heavy atom. The zero-order chi connectivity index (χ0) is 16.2. The molecule has 0 unspecified atom stereocenters. The highest BCUT2D eigenvalue weighted by atomic mass is 19.1. The first-order valence-electron chi connectivity index (χ1n) is 7.65. The van der Waals surface area contributed by atoms with Gasteiger partial charge in [-0.1, -0.05) is 24.3 Å². The number of anilines is 1. The van der Waals surface area contributed by atoms with Crippen LogP contribution in [0.25, 0.3) is 0 Å². The molecule has 2 aromatic rings. The third kappa shape index (κ3) is 3.87. The van der Waals surface area contributed by atoms with Gasteiger partial charge in [-0.3, -0.25) is 4.79 Å². The van der Waals surface area contributed by atoms with Crippen molar-refractivity contribution in [3.63, 3.8) is 0 Å². The van der Waals surface area contributed by atoms with Gasteiger partial charge >= 0.3 is 0 Å². The standard InChI is InChI=1S/C18H19FN2O2/c19-14-6-4-12(5-7-14)10-21-18(23)11-20-17-3-1-2-13-8-15(22)9-16(13)17/h1-7,15,20,22H,8-11H2,(H,21,23)/t15-/m0/s1. The molecule has 5 heteroatoms. The smallest absolute Gasteiger partial charge is 0.239 e. The van der Waals surface area contributed by atoms with Crippen LogP contribution >= 0.6 is 0 Å². The average molecular weight is 314 g/mol. The van der Waals surface area contributed by atoms with Crippen molar-refractivity contribution in [3.8, 4) is 0 Å². The Balaban J connectivity index is 1.52. The number of halogens is 1. The lowest BCUT2D eigenvalue weighted by molar-refractivity contribution is -0.119. The predicted octanol–water partition coefficient (Wildman–Crippen LogP) is 2.01. The molecule has 2 aromatic carbocycles. The molecule has 0 fully saturated rings. The summed E-state index contributed by atoms with van der Waals surface area (Å²) in [6.07, 6.45) is 0.956. The predicted molar refractivity (Wildman–Crippen MR) is 86.6 cm³/mol. The lowest BCUT2D eigenvalue weighted by Crippen LogP contribution is -2.29. The molecule has 120 valence electrons. The van der Waals surface area contributed by atoms with E-state index in [0.29, 0.717) is 19.4 Å². The van der Waals surface area contributed by atoms with Gasteiger partial charge in [0.2, 0.25) is 5.91 Å². The van der Waals surface area contributed by atoms with Gasteiger partial charge < -0.3 is 15.7 Å². The molecule has 0 heterocycles. The van der Waals surface area contributed by atoms with E-state index in [9.17, 15) is 14.3 Å². The summed E-state index contributed by atoms with van der Waals surface area (Å²) >= 11 is 0. The second-order valence-corrected chi connectivity index (χ2v) is 5.76. The normalized spacial score (nSPS) is 16.0. The van der Waals surface area contributed by atoms with Gasteiger partial charge in [-0.05, 0) is 41.3 Å². The largest absolute Gasteiger partial charge is 0.392 e. The van der Waals surface area contributed by atoms with Crippen LogP contribution in [-0.4, -0.2) is 23.7 Å². The van der Waals surface area contributed by atoms with Crippen LogP contribution in [0.1, 0.15) is 16.7 Å². The molecule has 1 atom stereocenters. The highest BCUT2D eigenvalue weighted by Gasteiger charge is 2.21. The van der Waals surface area contributed by atoms with Crippen molar-refractivity contribution >= 4 is 11.6 Å². The minimum atomic E-state index is -0.333. The highest BCUT2D eigenvalue weighted by Crippen LogP contribution is 2.28. The maximum Gasteiger partial charge on any atom is 0.239 e. The summed E-state index contributed by atoms with van der Waals surface area (Å²) < 4.78 is 12.8. The quantitative estimate of drug-likeness (QED) is 0.791. The highest BCUT2D eigenvalue weighted by molar-refractivity contribution is 5.81. The minimum absolute atomic E-state index is 0.134. The Kier molecular flexibility index (Phi) is 4.57. The number of rotatable bonds is 5. The first kappa shape index (κ1) is 15.5. The number of benzene rings is 2. The molecule has 3 N–H and O–H groups in total. The number of nitrogens with one attached hydrogen (secondary N) is 2. The maximum atomic E-state index is 12.8. The minimum Gasteiger partial charge on any atom is -0.392 e. The molecule has 0 saturated carbocycles. The SMILES string of the molecule is O=C(CNc1cccc2c1C[C@@H](O)C2)NCc1ccc(F)cc1. The molecule has 23 heavy (non-hydrogen) atoms. The second-order valence-electron chi connectivity index (χ2n) is 5.76. The molecule has 0 radical (unpaired) electrons. The molecule has 4 nitrogen and oxygen atoms in total. The van der Waals surface area contributed by atoms with E-state index < -0.39 is 0 Å². The van der Waals surface area contributed by atoms with Crippen LogP contribution in [0.2, 0.25) is 0 Å². The van der Waals surface area contributed by atoms with Crippen molar-refractivity contribution in [1.29, 1.82) is 0 Å². The Morgan fingerprint density at radius 1 is 1.17 bits per heavy atom. The fourth-order valence-electron chi connectivity index (χ4n) is 2.84. The zero-order valence-electron chi connectivity index (χ0n) is 12.7. The number of fused-ring (bicyclic) bond motifs is 1. The third-order valence-electron chi connectivity index (χ3n) is 4.01. The number of aliphatic hydroxyl groups excluding tert-OH is 1. The molecule has 1 aliphatic rings. The lowest BCUT2D eigenvalue weighted by atomic mass is 10.1. The number of hydrogen-bond donors (Lipinski definition) is 3. The molecule has 1 amide bonds. The summed E-state index contributed by atoms with van der Waals surface area (Å²) in [6, 6.07) is 11.9. The van der Waals surface area contributed by atoms with E-state index in [1.807, 2.05) is 18.2 Å².